The van der Waals surface area contributed by atoms with Gasteiger partial charge in [0.05, 0.1) is 0 Å². The summed E-state index contributed by atoms with van der Waals surface area (Å²) < 4.78 is 0. The van der Waals surface area contributed by atoms with Crippen LogP contribution in [0.15, 0.2) is 24.3 Å². The Kier molecular flexibility index (Phi) is 4.06. The van der Waals surface area contributed by atoms with Crippen molar-refractivity contribution in [2.75, 3.05) is 0 Å². The first kappa shape index (κ1) is 19.4. The van der Waals surface area contributed by atoms with E-state index < -0.39 is 0 Å². The van der Waals surface area contributed by atoms with Gasteiger partial charge in [0.25, 0.3) is 0 Å². The van der Waals surface area contributed by atoms with E-state index >= 15 is 0 Å². The van der Waals surface area contributed by atoms with Gasteiger partial charge in [-0.25, -0.2) is 0 Å². The number of aldehydes is 4. The Morgan fingerprint density at radius 2 is 0.828 bits per heavy atom. The van der Waals surface area contributed by atoms with Crippen molar-refractivity contribution in [3.05, 3.63) is 68.8 Å². The van der Waals surface area contributed by atoms with Gasteiger partial charge in [-0.1, -0.05) is 27.7 Å². The minimum Gasteiger partial charge on any atom is -0.298 e. The van der Waals surface area contributed by atoms with Crippen molar-refractivity contribution >= 4 is 25.1 Å². The van der Waals surface area contributed by atoms with Gasteiger partial charge in [-0.05, 0) is 70.2 Å². The molecule has 148 valence electrons. The van der Waals surface area contributed by atoms with Crippen molar-refractivity contribution in [3.63, 3.8) is 0 Å². The molecule has 2 aliphatic rings. The molecule has 2 aromatic rings. The molecule has 0 amide bonds. The smallest absolute Gasteiger partial charge is 0.150 e. The summed E-state index contributed by atoms with van der Waals surface area (Å²) in [5.41, 5.74) is 5.09. The van der Waals surface area contributed by atoms with Crippen LogP contribution in [0.3, 0.4) is 0 Å². The van der Waals surface area contributed by atoms with Crippen LogP contribution in [-0.2, 0) is 16.2 Å². The largest absolute Gasteiger partial charge is 0.298 e. The lowest BCUT2D eigenvalue weighted by Gasteiger charge is -2.30. The van der Waals surface area contributed by atoms with Crippen LogP contribution in [0.5, 0.6) is 0 Å². The summed E-state index contributed by atoms with van der Waals surface area (Å²) in [4.78, 5) is 46.4. The molecule has 4 heteroatoms. The lowest BCUT2D eigenvalue weighted by atomic mass is 9.72. The first-order valence-corrected chi connectivity index (χ1v) is 9.82. The van der Waals surface area contributed by atoms with Gasteiger partial charge >= 0.3 is 0 Å². The van der Waals surface area contributed by atoms with E-state index in [9.17, 15) is 19.2 Å². The standard InChI is InChI=1S/C25H24O4/c1-23(2)13-25(21-7-17(11-28)15(9-26)5-19(21)23)14-24(3,4)20-6-16(10-27)18(12-29)8-22(20)25/h5-12H,13-14H2,1-4H3. The molecule has 0 aliphatic heterocycles. The van der Waals surface area contributed by atoms with E-state index in [1.165, 1.54) is 0 Å². The summed E-state index contributed by atoms with van der Waals surface area (Å²) in [6.45, 7) is 8.62. The van der Waals surface area contributed by atoms with Gasteiger partial charge in [-0.15, -0.1) is 0 Å². The zero-order valence-electron chi connectivity index (χ0n) is 17.2. The molecule has 0 bridgehead atoms. The molecule has 0 fully saturated rings. The fourth-order valence-electron chi connectivity index (χ4n) is 5.87. The van der Waals surface area contributed by atoms with Crippen molar-refractivity contribution < 1.29 is 19.2 Å². The summed E-state index contributed by atoms with van der Waals surface area (Å²) in [6.07, 6.45) is 4.56. The Morgan fingerprint density at radius 3 is 1.10 bits per heavy atom. The molecule has 0 aromatic heterocycles. The molecule has 4 nitrogen and oxygen atoms in total. The van der Waals surface area contributed by atoms with E-state index in [4.69, 9.17) is 0 Å². The predicted octanol–water partition coefficient (Wildman–Crippen LogP) is 4.59. The number of hydrogen-bond donors (Lipinski definition) is 0. The van der Waals surface area contributed by atoms with E-state index in [0.29, 0.717) is 22.3 Å². The second kappa shape index (κ2) is 6.06. The van der Waals surface area contributed by atoms with E-state index in [0.717, 1.165) is 60.2 Å². The fourth-order valence-corrected chi connectivity index (χ4v) is 5.87. The molecule has 4 rings (SSSR count). The molecule has 0 unspecified atom stereocenters. The maximum Gasteiger partial charge on any atom is 0.150 e. The van der Waals surface area contributed by atoms with Crippen LogP contribution in [0, 0.1) is 0 Å². The zero-order valence-corrected chi connectivity index (χ0v) is 17.2. The third kappa shape index (κ3) is 2.51. The summed E-state index contributed by atoms with van der Waals surface area (Å²) in [6, 6.07) is 7.43. The van der Waals surface area contributed by atoms with Crippen molar-refractivity contribution in [1.82, 2.24) is 0 Å². The molecule has 0 heterocycles. The predicted molar refractivity (Wildman–Crippen MR) is 111 cm³/mol. The average molecular weight is 388 g/mol. The molecular weight excluding hydrogens is 364 g/mol. The molecule has 1 spiro atoms. The van der Waals surface area contributed by atoms with Crippen LogP contribution in [0.2, 0.25) is 0 Å². The average Bonchev–Trinajstić information content (AvgIpc) is 3.04. The molecule has 2 aromatic carbocycles. The van der Waals surface area contributed by atoms with Crippen LogP contribution < -0.4 is 0 Å². The number of carbonyl (C=O) groups excluding carboxylic acids is 4. The van der Waals surface area contributed by atoms with Crippen LogP contribution in [0.1, 0.15) is 104 Å². The number of benzene rings is 2. The van der Waals surface area contributed by atoms with Gasteiger partial charge in [0, 0.05) is 27.7 Å². The van der Waals surface area contributed by atoms with E-state index in [-0.39, 0.29) is 16.2 Å². The SMILES string of the molecule is CC1(C)CC2(CC(C)(C)c3cc(C=O)c(C=O)cc32)c2cc(C=O)c(C=O)cc21. The van der Waals surface area contributed by atoms with Crippen molar-refractivity contribution in [2.24, 2.45) is 0 Å². The van der Waals surface area contributed by atoms with E-state index in [1.807, 2.05) is 24.3 Å². The Bertz CT molecular complexity index is 1000. The summed E-state index contributed by atoms with van der Waals surface area (Å²) in [5, 5.41) is 0. The highest BCUT2D eigenvalue weighted by molar-refractivity contribution is 5.93. The number of rotatable bonds is 4. The maximum absolute atomic E-state index is 11.7. The Labute approximate surface area is 170 Å². The van der Waals surface area contributed by atoms with Crippen molar-refractivity contribution in [2.45, 2.75) is 56.8 Å². The number of fused-ring (bicyclic) bond motifs is 4. The molecule has 0 saturated carbocycles. The van der Waals surface area contributed by atoms with E-state index in [2.05, 4.69) is 27.7 Å². The highest BCUT2D eigenvalue weighted by Gasteiger charge is 2.56. The molecular formula is C25H24O4. The molecule has 29 heavy (non-hydrogen) atoms. The maximum atomic E-state index is 11.7. The second-order valence-electron chi connectivity index (χ2n) is 9.73. The Hall–Kier alpha value is -2.88. The van der Waals surface area contributed by atoms with Gasteiger partial charge in [-0.3, -0.25) is 19.2 Å². The third-order valence-corrected chi connectivity index (χ3v) is 6.93. The molecule has 2 aliphatic carbocycles. The third-order valence-electron chi connectivity index (χ3n) is 6.93. The molecule has 0 N–H and O–H groups in total. The van der Waals surface area contributed by atoms with Crippen LogP contribution in [-0.4, -0.2) is 25.1 Å². The molecule has 0 radical (unpaired) electrons. The van der Waals surface area contributed by atoms with Gasteiger partial charge in [0.2, 0.25) is 0 Å². The van der Waals surface area contributed by atoms with Crippen LogP contribution in [0.4, 0.5) is 0 Å². The van der Waals surface area contributed by atoms with Crippen molar-refractivity contribution in [1.29, 1.82) is 0 Å². The monoisotopic (exact) mass is 388 g/mol. The highest BCUT2D eigenvalue weighted by Crippen LogP contribution is 2.63. The van der Waals surface area contributed by atoms with Crippen molar-refractivity contribution in [3.8, 4) is 0 Å². The topological polar surface area (TPSA) is 68.3 Å². The van der Waals surface area contributed by atoms with Gasteiger partial charge in [0.15, 0.2) is 25.1 Å². The Morgan fingerprint density at radius 1 is 0.552 bits per heavy atom. The number of hydrogen-bond acceptors (Lipinski definition) is 4. The van der Waals surface area contributed by atoms with Crippen LogP contribution >= 0.6 is 0 Å². The number of carbonyl (C=O) groups is 4. The molecule has 0 atom stereocenters. The van der Waals surface area contributed by atoms with Crippen LogP contribution in [0.25, 0.3) is 0 Å². The first-order valence-electron chi connectivity index (χ1n) is 9.82. The zero-order chi connectivity index (χ0) is 21.2. The normalized spacial score (nSPS) is 19.4. The molecule has 0 saturated heterocycles. The van der Waals surface area contributed by atoms with Gasteiger partial charge in [-0.2, -0.15) is 0 Å². The Balaban J connectivity index is 2.09. The quantitative estimate of drug-likeness (QED) is 0.719. The van der Waals surface area contributed by atoms with E-state index in [1.54, 1.807) is 0 Å². The minimum absolute atomic E-state index is 0.198. The lowest BCUT2D eigenvalue weighted by molar-refractivity contribution is 0.109. The van der Waals surface area contributed by atoms with Gasteiger partial charge < -0.3 is 0 Å². The first-order chi connectivity index (χ1) is 13.6. The minimum atomic E-state index is -0.365. The highest BCUT2D eigenvalue weighted by atomic mass is 16.1. The van der Waals surface area contributed by atoms with Gasteiger partial charge in [0.1, 0.15) is 0 Å². The second-order valence-corrected chi connectivity index (χ2v) is 9.73. The fraction of sp³-hybridized carbons (Fsp3) is 0.360. The summed E-state index contributed by atoms with van der Waals surface area (Å²) in [7, 11) is 0. The lowest BCUT2D eigenvalue weighted by Crippen LogP contribution is -2.27. The summed E-state index contributed by atoms with van der Waals surface area (Å²) >= 11 is 0. The summed E-state index contributed by atoms with van der Waals surface area (Å²) in [5.74, 6) is 0.